The molecule has 1 aromatic heterocycles. The molecular formula is C37H26S. The smallest absolute Gasteiger partial charge is 0.0434 e. The van der Waals surface area contributed by atoms with Crippen molar-refractivity contribution in [2.24, 2.45) is 0 Å². The van der Waals surface area contributed by atoms with Crippen LogP contribution < -0.4 is 0 Å². The van der Waals surface area contributed by atoms with Gasteiger partial charge in [-0.3, -0.25) is 0 Å². The van der Waals surface area contributed by atoms with E-state index in [-0.39, 0.29) is 0 Å². The van der Waals surface area contributed by atoms with Crippen molar-refractivity contribution in [1.82, 2.24) is 0 Å². The number of thiophene rings is 1. The second-order valence-electron chi connectivity index (χ2n) is 10.7. The lowest BCUT2D eigenvalue weighted by Crippen LogP contribution is -1.92. The Morgan fingerprint density at radius 3 is 2.03 bits per heavy atom. The van der Waals surface area contributed by atoms with Gasteiger partial charge in [-0.1, -0.05) is 117 Å². The molecule has 180 valence electrons. The third kappa shape index (κ3) is 3.09. The Morgan fingerprint density at radius 2 is 1.21 bits per heavy atom. The minimum atomic E-state index is 0.488. The molecule has 0 saturated heterocycles. The van der Waals surface area contributed by atoms with Crippen LogP contribution in [0.3, 0.4) is 0 Å². The molecule has 0 radical (unpaired) electrons. The number of rotatable bonds is 3. The summed E-state index contributed by atoms with van der Waals surface area (Å²) in [5.41, 5.74) is 6.62. The first-order valence-corrected chi connectivity index (χ1v) is 14.2. The largest absolute Gasteiger partial charge is 0.135 e. The van der Waals surface area contributed by atoms with Gasteiger partial charge in [0.15, 0.2) is 0 Å². The Balaban J connectivity index is 1.55. The summed E-state index contributed by atoms with van der Waals surface area (Å²) in [6.07, 6.45) is 0. The van der Waals surface area contributed by atoms with Crippen molar-refractivity contribution in [2.75, 3.05) is 0 Å². The maximum absolute atomic E-state index is 2.46. The molecule has 0 aliphatic heterocycles. The van der Waals surface area contributed by atoms with Crippen molar-refractivity contribution < 1.29 is 0 Å². The number of benzene rings is 7. The van der Waals surface area contributed by atoms with Crippen LogP contribution in [0.2, 0.25) is 0 Å². The predicted molar refractivity (Wildman–Crippen MR) is 168 cm³/mol. The zero-order valence-corrected chi connectivity index (χ0v) is 22.3. The fourth-order valence-electron chi connectivity index (χ4n) is 6.32. The summed E-state index contributed by atoms with van der Waals surface area (Å²) in [5.74, 6) is 0.488. The van der Waals surface area contributed by atoms with E-state index in [4.69, 9.17) is 0 Å². The van der Waals surface area contributed by atoms with Crippen molar-refractivity contribution >= 4 is 63.8 Å². The standard InChI is InChI=1S/C37H26S/c1-22(2)25-10-6-11-26(20-25)32-21-33(31-14-7-13-30-27-12-3-4-15-34(27)38-37(30)31)29-19-17-24-9-5-8-23-16-18-28(32)36(29)35(23)24/h3-22H,1-2H3. The molecule has 0 aliphatic rings. The Labute approximate surface area is 226 Å². The summed E-state index contributed by atoms with van der Waals surface area (Å²) in [5, 5.41) is 10.7. The van der Waals surface area contributed by atoms with Gasteiger partial charge in [0.25, 0.3) is 0 Å². The van der Waals surface area contributed by atoms with E-state index in [2.05, 4.69) is 129 Å². The van der Waals surface area contributed by atoms with Crippen LogP contribution in [-0.2, 0) is 0 Å². The maximum atomic E-state index is 2.46. The second-order valence-corrected chi connectivity index (χ2v) is 11.8. The lowest BCUT2D eigenvalue weighted by molar-refractivity contribution is 0.867. The normalized spacial score (nSPS) is 12.2. The topological polar surface area (TPSA) is 0 Å². The molecule has 1 heterocycles. The van der Waals surface area contributed by atoms with Crippen LogP contribution in [0.1, 0.15) is 25.3 Å². The van der Waals surface area contributed by atoms with Crippen LogP contribution in [0, 0.1) is 0 Å². The fourth-order valence-corrected chi connectivity index (χ4v) is 7.55. The fraction of sp³-hybridized carbons (Fsp3) is 0.0811. The Hall–Kier alpha value is -4.20. The second kappa shape index (κ2) is 8.15. The molecule has 0 N–H and O–H groups in total. The van der Waals surface area contributed by atoms with Crippen molar-refractivity contribution in [2.45, 2.75) is 19.8 Å². The first-order chi connectivity index (χ1) is 18.7. The molecule has 0 saturated carbocycles. The number of fused-ring (bicyclic) bond motifs is 3. The van der Waals surface area contributed by atoms with Gasteiger partial charge in [0.1, 0.15) is 0 Å². The van der Waals surface area contributed by atoms with Gasteiger partial charge in [0.05, 0.1) is 0 Å². The molecule has 1 heteroatoms. The quantitative estimate of drug-likeness (QED) is 0.211. The third-order valence-electron chi connectivity index (χ3n) is 8.20. The summed E-state index contributed by atoms with van der Waals surface area (Å²) in [7, 11) is 0. The first kappa shape index (κ1) is 21.8. The third-order valence-corrected chi connectivity index (χ3v) is 9.42. The molecule has 0 aliphatic carbocycles. The molecule has 0 spiro atoms. The molecule has 0 atom stereocenters. The molecule has 0 nitrogen and oxygen atoms in total. The van der Waals surface area contributed by atoms with Crippen molar-refractivity contribution in [1.29, 1.82) is 0 Å². The van der Waals surface area contributed by atoms with Crippen LogP contribution in [0.25, 0.3) is 74.7 Å². The monoisotopic (exact) mass is 502 g/mol. The number of hydrogen-bond acceptors (Lipinski definition) is 1. The number of hydrogen-bond donors (Lipinski definition) is 0. The highest BCUT2D eigenvalue weighted by atomic mass is 32.1. The Bertz CT molecular complexity index is 2140. The summed E-state index contributed by atoms with van der Waals surface area (Å²) in [4.78, 5) is 0. The van der Waals surface area contributed by atoms with Gasteiger partial charge in [-0.15, -0.1) is 11.3 Å². The van der Waals surface area contributed by atoms with Crippen LogP contribution in [0.4, 0.5) is 0 Å². The van der Waals surface area contributed by atoms with E-state index in [1.165, 1.54) is 80.3 Å². The van der Waals surface area contributed by atoms with E-state index in [1.807, 2.05) is 11.3 Å². The van der Waals surface area contributed by atoms with E-state index in [9.17, 15) is 0 Å². The van der Waals surface area contributed by atoms with E-state index < -0.39 is 0 Å². The molecule has 7 aromatic carbocycles. The summed E-state index contributed by atoms with van der Waals surface area (Å²) in [6.45, 7) is 4.55. The zero-order chi connectivity index (χ0) is 25.4. The molecule has 38 heavy (non-hydrogen) atoms. The molecular weight excluding hydrogens is 476 g/mol. The van der Waals surface area contributed by atoms with Crippen LogP contribution in [-0.4, -0.2) is 0 Å². The zero-order valence-electron chi connectivity index (χ0n) is 21.5. The molecule has 8 aromatic rings. The summed E-state index contributed by atoms with van der Waals surface area (Å²) in [6, 6.07) is 43.2. The van der Waals surface area contributed by atoms with Crippen LogP contribution in [0.15, 0.2) is 115 Å². The Morgan fingerprint density at radius 1 is 0.500 bits per heavy atom. The van der Waals surface area contributed by atoms with E-state index >= 15 is 0 Å². The van der Waals surface area contributed by atoms with Gasteiger partial charge in [0.2, 0.25) is 0 Å². The highest BCUT2D eigenvalue weighted by molar-refractivity contribution is 7.26. The average Bonchev–Trinajstić information content (AvgIpc) is 3.35. The van der Waals surface area contributed by atoms with E-state index in [0.29, 0.717) is 5.92 Å². The van der Waals surface area contributed by atoms with Gasteiger partial charge < -0.3 is 0 Å². The minimum absolute atomic E-state index is 0.488. The highest BCUT2D eigenvalue weighted by Crippen LogP contribution is 2.47. The van der Waals surface area contributed by atoms with Gasteiger partial charge >= 0.3 is 0 Å². The van der Waals surface area contributed by atoms with Crippen molar-refractivity contribution in [3.05, 3.63) is 121 Å². The highest BCUT2D eigenvalue weighted by Gasteiger charge is 2.19. The average molecular weight is 503 g/mol. The minimum Gasteiger partial charge on any atom is -0.135 e. The van der Waals surface area contributed by atoms with E-state index in [0.717, 1.165) is 0 Å². The van der Waals surface area contributed by atoms with Crippen molar-refractivity contribution in [3.8, 4) is 22.3 Å². The van der Waals surface area contributed by atoms with Gasteiger partial charge in [-0.25, -0.2) is 0 Å². The predicted octanol–water partition coefficient (Wildman–Crippen LogP) is 11.4. The molecule has 0 bridgehead atoms. The summed E-state index contributed by atoms with van der Waals surface area (Å²) < 4.78 is 2.71. The van der Waals surface area contributed by atoms with Crippen LogP contribution >= 0.6 is 11.3 Å². The van der Waals surface area contributed by atoms with E-state index in [1.54, 1.807) is 0 Å². The van der Waals surface area contributed by atoms with Gasteiger partial charge in [0, 0.05) is 25.7 Å². The molecule has 0 amide bonds. The van der Waals surface area contributed by atoms with Crippen molar-refractivity contribution in [3.63, 3.8) is 0 Å². The van der Waals surface area contributed by atoms with Crippen LogP contribution in [0.5, 0.6) is 0 Å². The first-order valence-electron chi connectivity index (χ1n) is 13.4. The van der Waals surface area contributed by atoms with Gasteiger partial charge in [-0.2, -0.15) is 0 Å². The molecule has 0 fully saturated rings. The lowest BCUT2D eigenvalue weighted by Gasteiger charge is -2.19. The Kier molecular flexibility index (Phi) is 4.68. The SMILES string of the molecule is CC(C)c1cccc(-c2cc(-c3cccc4c3sc3ccccc34)c3ccc4cccc5ccc2c3c54)c1. The maximum Gasteiger partial charge on any atom is 0.0434 e. The lowest BCUT2D eigenvalue weighted by atomic mass is 9.85. The van der Waals surface area contributed by atoms with Gasteiger partial charge in [-0.05, 0) is 72.6 Å². The molecule has 0 unspecified atom stereocenters. The summed E-state index contributed by atoms with van der Waals surface area (Å²) >= 11 is 1.91. The molecule has 8 rings (SSSR count).